The molecule has 0 aliphatic carbocycles. The first-order valence-electron chi connectivity index (χ1n) is 10.3. The molecular weight excluding hydrogens is 436 g/mol. The van der Waals surface area contributed by atoms with Gasteiger partial charge in [0.2, 0.25) is 0 Å². The summed E-state index contributed by atoms with van der Waals surface area (Å²) in [5.74, 6) is -1.65. The van der Waals surface area contributed by atoms with E-state index in [9.17, 15) is 19.2 Å². The average molecular weight is 456 g/mol. The lowest BCUT2D eigenvalue weighted by Gasteiger charge is -2.26. The van der Waals surface area contributed by atoms with E-state index in [2.05, 4.69) is 5.32 Å². The van der Waals surface area contributed by atoms with Crippen LogP contribution in [0.4, 0.5) is 10.5 Å². The highest BCUT2D eigenvalue weighted by Crippen LogP contribution is 2.27. The fourth-order valence-corrected chi connectivity index (χ4v) is 3.42. The number of aryl methyl sites for hydroxylation is 1. The highest BCUT2D eigenvalue weighted by molar-refractivity contribution is 6.39. The lowest BCUT2D eigenvalue weighted by Crippen LogP contribution is -2.54. The van der Waals surface area contributed by atoms with Crippen molar-refractivity contribution in [3.05, 3.63) is 95.1 Å². The van der Waals surface area contributed by atoms with Gasteiger partial charge in [-0.15, -0.1) is 0 Å². The van der Waals surface area contributed by atoms with Gasteiger partial charge < -0.3 is 9.47 Å². The third kappa shape index (κ3) is 4.56. The third-order valence-corrected chi connectivity index (χ3v) is 5.09. The Hall–Kier alpha value is -4.72. The number of para-hydroxylation sites is 1. The number of nitrogens with one attached hydrogen (secondary N) is 1. The van der Waals surface area contributed by atoms with Crippen molar-refractivity contribution in [2.75, 3.05) is 12.0 Å². The van der Waals surface area contributed by atoms with Gasteiger partial charge in [-0.25, -0.2) is 14.5 Å². The first-order chi connectivity index (χ1) is 16.4. The van der Waals surface area contributed by atoms with Gasteiger partial charge in [0.15, 0.2) is 0 Å². The second-order valence-corrected chi connectivity index (χ2v) is 7.46. The van der Waals surface area contributed by atoms with Crippen LogP contribution in [-0.4, -0.2) is 30.9 Å². The number of benzene rings is 3. The Morgan fingerprint density at radius 1 is 0.941 bits per heavy atom. The summed E-state index contributed by atoms with van der Waals surface area (Å²) in [5.41, 5.74) is 1.53. The predicted octanol–water partition coefficient (Wildman–Crippen LogP) is 3.89. The van der Waals surface area contributed by atoms with Gasteiger partial charge in [0.25, 0.3) is 11.8 Å². The quantitative estimate of drug-likeness (QED) is 0.271. The van der Waals surface area contributed by atoms with Crippen molar-refractivity contribution in [3.63, 3.8) is 0 Å². The first kappa shape index (κ1) is 22.5. The molecule has 3 aromatic rings. The molecule has 0 saturated carbocycles. The van der Waals surface area contributed by atoms with E-state index in [-0.39, 0.29) is 17.0 Å². The Labute approximate surface area is 195 Å². The third-order valence-electron chi connectivity index (χ3n) is 5.09. The normalized spacial score (nSPS) is 14.7. The van der Waals surface area contributed by atoms with E-state index < -0.39 is 23.8 Å². The first-order valence-corrected chi connectivity index (χ1v) is 10.3. The van der Waals surface area contributed by atoms with E-state index >= 15 is 0 Å². The van der Waals surface area contributed by atoms with Gasteiger partial charge in [0.1, 0.15) is 17.1 Å². The zero-order valence-corrected chi connectivity index (χ0v) is 18.4. The molecule has 1 aliphatic heterocycles. The SMILES string of the molecule is COc1cccc(N2C(=O)NC(=O)C(=Cc3ccccc3OC(=O)c3cccc(C)c3)C2=O)c1. The molecule has 1 fully saturated rings. The maximum Gasteiger partial charge on any atom is 0.343 e. The largest absolute Gasteiger partial charge is 0.497 e. The molecule has 8 nitrogen and oxygen atoms in total. The topological polar surface area (TPSA) is 102 Å². The fourth-order valence-electron chi connectivity index (χ4n) is 3.42. The summed E-state index contributed by atoms with van der Waals surface area (Å²) in [6, 6.07) is 18.9. The van der Waals surface area contributed by atoms with Crippen molar-refractivity contribution in [1.29, 1.82) is 0 Å². The summed E-state index contributed by atoms with van der Waals surface area (Å²) < 4.78 is 10.7. The lowest BCUT2D eigenvalue weighted by molar-refractivity contribution is -0.122. The molecule has 0 spiro atoms. The number of hydrogen-bond acceptors (Lipinski definition) is 6. The zero-order chi connectivity index (χ0) is 24.2. The number of carbonyl (C=O) groups is 4. The van der Waals surface area contributed by atoms with Gasteiger partial charge >= 0.3 is 12.0 Å². The van der Waals surface area contributed by atoms with Gasteiger partial charge in [-0.2, -0.15) is 0 Å². The number of urea groups is 1. The Balaban J connectivity index is 1.68. The standard InChI is InChI=1S/C26H20N2O6/c1-16-7-5-9-18(13-16)25(31)34-22-12-4-3-8-17(22)14-21-23(29)27-26(32)28(24(21)30)19-10-6-11-20(15-19)33-2/h3-15H,1-2H3,(H,27,29,32). The van der Waals surface area contributed by atoms with E-state index in [4.69, 9.17) is 9.47 Å². The summed E-state index contributed by atoms with van der Waals surface area (Å²) in [5, 5.41) is 2.17. The summed E-state index contributed by atoms with van der Waals surface area (Å²) in [6.45, 7) is 1.86. The van der Waals surface area contributed by atoms with Crippen LogP contribution >= 0.6 is 0 Å². The highest BCUT2D eigenvalue weighted by Gasteiger charge is 2.37. The van der Waals surface area contributed by atoms with Crippen molar-refractivity contribution in [3.8, 4) is 11.5 Å². The summed E-state index contributed by atoms with van der Waals surface area (Å²) in [6.07, 6.45) is 1.29. The smallest absolute Gasteiger partial charge is 0.343 e. The van der Waals surface area contributed by atoms with E-state index in [1.165, 1.54) is 19.3 Å². The fraction of sp³-hybridized carbons (Fsp3) is 0.0769. The minimum atomic E-state index is -0.875. The van der Waals surface area contributed by atoms with Crippen molar-refractivity contribution < 1.29 is 28.7 Å². The van der Waals surface area contributed by atoms with E-state index in [0.29, 0.717) is 16.9 Å². The maximum absolute atomic E-state index is 13.2. The molecule has 1 N–H and O–H groups in total. The second kappa shape index (κ2) is 9.41. The van der Waals surface area contributed by atoms with E-state index in [1.807, 2.05) is 13.0 Å². The molecule has 3 aromatic carbocycles. The van der Waals surface area contributed by atoms with Crippen LogP contribution in [0.5, 0.6) is 11.5 Å². The van der Waals surface area contributed by atoms with E-state index in [0.717, 1.165) is 10.5 Å². The second-order valence-electron chi connectivity index (χ2n) is 7.46. The van der Waals surface area contributed by atoms with Crippen LogP contribution in [0.1, 0.15) is 21.5 Å². The van der Waals surface area contributed by atoms with Gasteiger partial charge in [-0.05, 0) is 43.3 Å². The van der Waals surface area contributed by atoms with Crippen molar-refractivity contribution >= 4 is 35.6 Å². The molecule has 1 aliphatic rings. The van der Waals surface area contributed by atoms with E-state index in [1.54, 1.807) is 60.7 Å². The number of amides is 4. The molecule has 170 valence electrons. The number of imide groups is 2. The van der Waals surface area contributed by atoms with Gasteiger partial charge in [0, 0.05) is 11.6 Å². The number of barbiturate groups is 1. The van der Waals surface area contributed by atoms with Crippen LogP contribution in [0, 0.1) is 6.92 Å². The number of rotatable bonds is 5. The molecule has 1 saturated heterocycles. The molecule has 4 rings (SSSR count). The summed E-state index contributed by atoms with van der Waals surface area (Å²) in [7, 11) is 1.46. The Kier molecular flexibility index (Phi) is 6.22. The molecule has 8 heteroatoms. The van der Waals surface area contributed by atoms with Crippen molar-refractivity contribution in [2.24, 2.45) is 0 Å². The maximum atomic E-state index is 13.2. The van der Waals surface area contributed by atoms with Crippen molar-refractivity contribution in [2.45, 2.75) is 6.92 Å². The Morgan fingerprint density at radius 3 is 2.47 bits per heavy atom. The summed E-state index contributed by atoms with van der Waals surface area (Å²) >= 11 is 0. The minimum absolute atomic E-state index is 0.159. The molecule has 0 unspecified atom stereocenters. The molecular formula is C26H20N2O6. The molecule has 1 heterocycles. The van der Waals surface area contributed by atoms with Gasteiger partial charge in [-0.1, -0.05) is 42.0 Å². The van der Waals surface area contributed by atoms with Crippen LogP contribution in [0.25, 0.3) is 6.08 Å². The number of esters is 1. The molecule has 0 radical (unpaired) electrons. The monoisotopic (exact) mass is 456 g/mol. The lowest BCUT2D eigenvalue weighted by atomic mass is 10.1. The number of methoxy groups -OCH3 is 1. The van der Waals surface area contributed by atoms with Gasteiger partial charge in [-0.3, -0.25) is 14.9 Å². The Bertz CT molecular complexity index is 1340. The highest BCUT2D eigenvalue weighted by atomic mass is 16.5. The molecule has 34 heavy (non-hydrogen) atoms. The average Bonchev–Trinajstić information content (AvgIpc) is 2.82. The van der Waals surface area contributed by atoms with Crippen LogP contribution in [0.3, 0.4) is 0 Å². The summed E-state index contributed by atoms with van der Waals surface area (Å²) in [4.78, 5) is 51.6. The molecule has 0 atom stereocenters. The molecule has 0 bridgehead atoms. The zero-order valence-electron chi connectivity index (χ0n) is 18.4. The van der Waals surface area contributed by atoms with Crippen LogP contribution < -0.4 is 19.7 Å². The number of hydrogen-bond donors (Lipinski definition) is 1. The molecule has 0 aromatic heterocycles. The van der Waals surface area contributed by atoms with Gasteiger partial charge in [0.05, 0.1) is 18.4 Å². The Morgan fingerprint density at radius 2 is 1.71 bits per heavy atom. The number of anilines is 1. The number of nitrogens with zero attached hydrogens (tertiary/aromatic N) is 1. The predicted molar refractivity (Wildman–Crippen MR) is 125 cm³/mol. The van der Waals surface area contributed by atoms with Crippen LogP contribution in [0.15, 0.2) is 78.4 Å². The van der Waals surface area contributed by atoms with Crippen LogP contribution in [0.2, 0.25) is 0 Å². The number of ether oxygens (including phenoxy) is 2. The van der Waals surface area contributed by atoms with Crippen molar-refractivity contribution in [1.82, 2.24) is 5.32 Å². The minimum Gasteiger partial charge on any atom is -0.497 e. The number of carbonyl (C=O) groups excluding carboxylic acids is 4. The molecule has 4 amide bonds. The van der Waals surface area contributed by atoms with Crippen LogP contribution in [-0.2, 0) is 9.59 Å².